The highest BCUT2D eigenvalue weighted by molar-refractivity contribution is 5.58. The molecule has 96 valence electrons. The van der Waals surface area contributed by atoms with Gasteiger partial charge in [0.2, 0.25) is 0 Å². The summed E-state index contributed by atoms with van der Waals surface area (Å²) >= 11 is 0. The highest BCUT2D eigenvalue weighted by atomic mass is 16.7. The maximum Gasteiger partial charge on any atom is 0.159 e. The second-order valence-electron chi connectivity index (χ2n) is 5.58. The molecule has 2 atom stereocenters. The number of rotatable bonds is 1. The number of benzene rings is 1. The quantitative estimate of drug-likeness (QED) is 0.759. The summed E-state index contributed by atoms with van der Waals surface area (Å²) in [5.74, 6) is 0. The number of ether oxygens (including phenoxy) is 2. The van der Waals surface area contributed by atoms with Crippen molar-refractivity contribution in [3.8, 4) is 0 Å². The predicted octanol–water partition coefficient (Wildman–Crippen LogP) is 2.86. The molecule has 0 N–H and O–H groups in total. The standard InChI is InChI=1S/C15H19NO2/c1-2-13-17-14-11-5-3-4-6-12(11)16-9-7-15(14,18-13)8-10-16/h3-6,13-14H,2,7-10H2,1H3. The molecule has 0 aromatic heterocycles. The lowest BCUT2D eigenvalue weighted by Crippen LogP contribution is -2.44. The Bertz CT molecular complexity index is 465. The van der Waals surface area contributed by atoms with E-state index in [0.29, 0.717) is 0 Å². The number of nitrogens with zero attached hydrogens (tertiary/aromatic N) is 1. The molecule has 0 saturated carbocycles. The van der Waals surface area contributed by atoms with Crippen LogP contribution in [0.5, 0.6) is 0 Å². The molecule has 0 amide bonds. The van der Waals surface area contributed by atoms with Crippen molar-refractivity contribution in [2.24, 2.45) is 0 Å². The molecule has 3 nitrogen and oxygen atoms in total. The van der Waals surface area contributed by atoms with Gasteiger partial charge in [0.05, 0.1) is 0 Å². The summed E-state index contributed by atoms with van der Waals surface area (Å²) < 4.78 is 12.5. The van der Waals surface area contributed by atoms with E-state index in [1.807, 2.05) is 0 Å². The molecular weight excluding hydrogens is 226 g/mol. The Balaban J connectivity index is 1.86. The minimum Gasteiger partial charge on any atom is -0.371 e. The highest BCUT2D eigenvalue weighted by Gasteiger charge is 2.54. The van der Waals surface area contributed by atoms with Gasteiger partial charge in [-0.15, -0.1) is 0 Å². The maximum atomic E-state index is 6.28. The molecule has 5 rings (SSSR count). The maximum absolute atomic E-state index is 6.28. The Kier molecular flexibility index (Phi) is 2.24. The molecule has 0 aliphatic carbocycles. The second-order valence-corrected chi connectivity index (χ2v) is 5.58. The van der Waals surface area contributed by atoms with Crippen molar-refractivity contribution in [2.45, 2.75) is 44.2 Å². The van der Waals surface area contributed by atoms with Gasteiger partial charge in [-0.1, -0.05) is 25.1 Å². The molecule has 1 spiro atoms. The van der Waals surface area contributed by atoms with Crippen LogP contribution in [0.2, 0.25) is 0 Å². The first-order valence-corrected chi connectivity index (χ1v) is 6.99. The second kappa shape index (κ2) is 3.72. The molecule has 2 unspecified atom stereocenters. The van der Waals surface area contributed by atoms with Crippen LogP contribution >= 0.6 is 0 Å². The molecule has 2 fully saturated rings. The number of fused-ring (bicyclic) bond motifs is 2. The van der Waals surface area contributed by atoms with Gasteiger partial charge in [-0.05, 0) is 25.3 Å². The summed E-state index contributed by atoms with van der Waals surface area (Å²) in [5.41, 5.74) is 2.61. The lowest BCUT2D eigenvalue weighted by Gasteiger charge is -2.37. The van der Waals surface area contributed by atoms with Crippen molar-refractivity contribution < 1.29 is 9.47 Å². The van der Waals surface area contributed by atoms with Crippen LogP contribution in [0.3, 0.4) is 0 Å². The van der Waals surface area contributed by atoms with Crippen molar-refractivity contribution in [2.75, 3.05) is 18.0 Å². The SMILES string of the molecule is CCC1OC2c3ccccc3N3CCC2(CC3)O1. The van der Waals surface area contributed by atoms with Crippen LogP contribution in [0.15, 0.2) is 24.3 Å². The fourth-order valence-electron chi connectivity index (χ4n) is 3.67. The van der Waals surface area contributed by atoms with E-state index < -0.39 is 0 Å². The predicted molar refractivity (Wildman–Crippen MR) is 69.6 cm³/mol. The van der Waals surface area contributed by atoms with Gasteiger partial charge in [0.15, 0.2) is 6.29 Å². The van der Waals surface area contributed by atoms with Crippen LogP contribution in [0.25, 0.3) is 0 Å². The Morgan fingerprint density at radius 3 is 2.83 bits per heavy atom. The van der Waals surface area contributed by atoms with Gasteiger partial charge in [-0.25, -0.2) is 0 Å². The van der Waals surface area contributed by atoms with Gasteiger partial charge in [0.25, 0.3) is 0 Å². The van der Waals surface area contributed by atoms with E-state index in [2.05, 4.69) is 36.1 Å². The summed E-state index contributed by atoms with van der Waals surface area (Å²) in [6.45, 7) is 4.31. The first-order valence-electron chi connectivity index (χ1n) is 6.99. The normalized spacial score (nSPS) is 37.3. The Morgan fingerprint density at radius 1 is 1.28 bits per heavy atom. The van der Waals surface area contributed by atoms with Crippen molar-refractivity contribution in [3.63, 3.8) is 0 Å². The summed E-state index contributed by atoms with van der Waals surface area (Å²) in [7, 11) is 0. The summed E-state index contributed by atoms with van der Waals surface area (Å²) in [4.78, 5) is 2.48. The zero-order chi connectivity index (χ0) is 12.2. The van der Waals surface area contributed by atoms with Crippen LogP contribution < -0.4 is 4.90 Å². The van der Waals surface area contributed by atoms with Gasteiger partial charge in [-0.2, -0.15) is 0 Å². The van der Waals surface area contributed by atoms with Crippen LogP contribution in [-0.2, 0) is 9.47 Å². The van der Waals surface area contributed by atoms with Gasteiger partial charge in [-0.3, -0.25) is 0 Å². The van der Waals surface area contributed by atoms with Crippen LogP contribution in [0.4, 0.5) is 5.69 Å². The number of piperidine rings is 1. The molecule has 4 aliphatic heterocycles. The zero-order valence-electron chi connectivity index (χ0n) is 10.8. The fourth-order valence-corrected chi connectivity index (χ4v) is 3.67. The van der Waals surface area contributed by atoms with E-state index in [-0.39, 0.29) is 18.0 Å². The third-order valence-corrected chi connectivity index (χ3v) is 4.63. The van der Waals surface area contributed by atoms with Crippen molar-refractivity contribution in [1.29, 1.82) is 0 Å². The van der Waals surface area contributed by atoms with Gasteiger partial charge < -0.3 is 14.4 Å². The molecule has 1 aromatic rings. The molecule has 0 radical (unpaired) electrons. The average molecular weight is 245 g/mol. The van der Waals surface area contributed by atoms with E-state index in [4.69, 9.17) is 9.47 Å². The Morgan fingerprint density at radius 2 is 2.06 bits per heavy atom. The van der Waals surface area contributed by atoms with Crippen LogP contribution in [0.1, 0.15) is 37.9 Å². The first kappa shape index (κ1) is 10.8. The minimum atomic E-state index is -0.0657. The Hall–Kier alpha value is -1.06. The van der Waals surface area contributed by atoms with E-state index in [0.717, 1.165) is 32.4 Å². The molecule has 2 bridgehead atoms. The smallest absolute Gasteiger partial charge is 0.159 e. The zero-order valence-corrected chi connectivity index (χ0v) is 10.8. The molecule has 4 heterocycles. The lowest BCUT2D eigenvalue weighted by molar-refractivity contribution is -0.0971. The third-order valence-electron chi connectivity index (χ3n) is 4.63. The van der Waals surface area contributed by atoms with E-state index in [1.165, 1.54) is 11.3 Å². The van der Waals surface area contributed by atoms with E-state index in [1.54, 1.807) is 0 Å². The van der Waals surface area contributed by atoms with Gasteiger partial charge in [0, 0.05) is 24.3 Å². The monoisotopic (exact) mass is 245 g/mol. The van der Waals surface area contributed by atoms with Crippen molar-refractivity contribution >= 4 is 5.69 Å². The van der Waals surface area contributed by atoms with E-state index >= 15 is 0 Å². The average Bonchev–Trinajstić information content (AvgIpc) is 2.67. The number of anilines is 1. The Labute approximate surface area is 108 Å². The third kappa shape index (κ3) is 1.32. The fraction of sp³-hybridized carbons (Fsp3) is 0.600. The number of hydrogen-bond donors (Lipinski definition) is 0. The topological polar surface area (TPSA) is 21.7 Å². The van der Waals surface area contributed by atoms with Crippen LogP contribution in [0, 0.1) is 0 Å². The minimum absolute atomic E-state index is 0.0206. The van der Waals surface area contributed by atoms with Crippen molar-refractivity contribution in [1.82, 2.24) is 0 Å². The van der Waals surface area contributed by atoms with E-state index in [9.17, 15) is 0 Å². The molecule has 1 aromatic carbocycles. The lowest BCUT2D eigenvalue weighted by atomic mass is 9.85. The molecule has 3 heteroatoms. The molecule has 2 saturated heterocycles. The van der Waals surface area contributed by atoms with Crippen molar-refractivity contribution in [3.05, 3.63) is 29.8 Å². The van der Waals surface area contributed by atoms with Gasteiger partial charge >= 0.3 is 0 Å². The first-order chi connectivity index (χ1) is 8.82. The molecular formula is C15H19NO2. The summed E-state index contributed by atoms with van der Waals surface area (Å²) in [6.07, 6.45) is 3.22. The molecule has 18 heavy (non-hydrogen) atoms. The summed E-state index contributed by atoms with van der Waals surface area (Å²) in [5, 5.41) is 0. The molecule has 4 aliphatic rings. The number of para-hydroxylation sites is 1. The summed E-state index contributed by atoms with van der Waals surface area (Å²) in [6, 6.07) is 8.66. The van der Waals surface area contributed by atoms with Gasteiger partial charge in [0.1, 0.15) is 11.7 Å². The highest BCUT2D eigenvalue weighted by Crippen LogP contribution is 2.53. The van der Waals surface area contributed by atoms with Crippen LogP contribution in [-0.4, -0.2) is 25.0 Å². The number of hydrogen-bond acceptors (Lipinski definition) is 3. The largest absolute Gasteiger partial charge is 0.371 e.